The van der Waals surface area contributed by atoms with Gasteiger partial charge in [-0.25, -0.2) is 13.2 Å². The second kappa shape index (κ2) is 13.1. The number of amides is 1. The Labute approximate surface area is 253 Å². The number of thiophene rings is 1. The predicted octanol–water partition coefficient (Wildman–Crippen LogP) is 6.22. The topological polar surface area (TPSA) is 105 Å². The number of rotatable bonds is 8. The number of esters is 1. The first-order valence-electron chi connectivity index (χ1n) is 12.4. The zero-order valence-electron chi connectivity index (χ0n) is 21.9. The molecule has 0 unspecified atom stereocenters. The highest BCUT2D eigenvalue weighted by Gasteiger charge is 2.29. The van der Waals surface area contributed by atoms with Gasteiger partial charge in [0, 0.05) is 40.8 Å². The summed E-state index contributed by atoms with van der Waals surface area (Å²) in [6.45, 7) is 2.24. The Hall–Kier alpha value is -3.41. The summed E-state index contributed by atoms with van der Waals surface area (Å²) in [6, 6.07) is 22.0. The lowest BCUT2D eigenvalue weighted by Crippen LogP contribution is -2.29. The number of nitrogens with one attached hydrogen (secondary N) is 2. The zero-order chi connectivity index (χ0) is 28.3. The van der Waals surface area contributed by atoms with Crippen LogP contribution in [0.5, 0.6) is 0 Å². The van der Waals surface area contributed by atoms with E-state index in [9.17, 15) is 18.0 Å². The molecule has 1 aliphatic rings. The highest BCUT2D eigenvalue weighted by molar-refractivity contribution is 7.92. The lowest BCUT2D eigenvalue weighted by molar-refractivity contribution is 0.0600. The fourth-order valence-corrected chi connectivity index (χ4v) is 6.99. The van der Waals surface area contributed by atoms with Gasteiger partial charge < -0.3 is 10.1 Å². The van der Waals surface area contributed by atoms with Crippen molar-refractivity contribution in [3.63, 3.8) is 0 Å². The lowest BCUT2D eigenvalue weighted by Gasteiger charge is -2.27. The Morgan fingerprint density at radius 2 is 1.68 bits per heavy atom. The molecule has 0 aliphatic carbocycles. The van der Waals surface area contributed by atoms with E-state index in [2.05, 4.69) is 27.1 Å². The molecule has 2 N–H and O–H groups in total. The minimum Gasteiger partial charge on any atom is -0.465 e. The van der Waals surface area contributed by atoms with Crippen LogP contribution in [-0.2, 0) is 34.3 Å². The van der Waals surface area contributed by atoms with E-state index in [1.165, 1.54) is 72.5 Å². The van der Waals surface area contributed by atoms with Gasteiger partial charge in [-0.1, -0.05) is 41.9 Å². The zero-order valence-corrected chi connectivity index (χ0v) is 25.1. The third-order valence-corrected chi connectivity index (χ3v) is 9.31. The van der Waals surface area contributed by atoms with Crippen LogP contribution in [0.3, 0.4) is 0 Å². The molecule has 1 amide bonds. The number of anilines is 2. The molecule has 2 heterocycles. The highest BCUT2D eigenvalue weighted by Crippen LogP contribution is 2.38. The molecule has 0 bridgehead atoms. The van der Waals surface area contributed by atoms with Crippen LogP contribution in [-0.4, -0.2) is 38.8 Å². The predicted molar refractivity (Wildman–Crippen MR) is 164 cm³/mol. The van der Waals surface area contributed by atoms with Crippen LogP contribution in [0.1, 0.15) is 36.7 Å². The molecule has 3 aromatic carbocycles. The molecule has 1 aliphatic heterocycles. The van der Waals surface area contributed by atoms with Gasteiger partial charge in [0.2, 0.25) is 0 Å². The molecular weight excluding hydrogens is 605 g/mol. The smallest absolute Gasteiger partial charge is 0.341 e. The fourth-order valence-electron chi connectivity index (χ4n) is 4.53. The average molecular weight is 633 g/mol. The first-order chi connectivity index (χ1) is 19.2. The van der Waals surface area contributed by atoms with Gasteiger partial charge in [0.1, 0.15) is 5.00 Å². The van der Waals surface area contributed by atoms with Crippen molar-refractivity contribution in [3.8, 4) is 0 Å². The van der Waals surface area contributed by atoms with Crippen LogP contribution in [0.4, 0.5) is 10.7 Å². The van der Waals surface area contributed by atoms with Crippen molar-refractivity contribution < 1.29 is 22.7 Å². The number of sulfonamides is 1. The molecule has 0 atom stereocenters. The van der Waals surface area contributed by atoms with Crippen molar-refractivity contribution in [2.45, 2.75) is 24.4 Å². The maximum Gasteiger partial charge on any atom is 0.341 e. The first-order valence-corrected chi connectivity index (χ1v) is 15.1. The Morgan fingerprint density at radius 3 is 2.34 bits per heavy atom. The minimum atomic E-state index is -3.82. The Bertz CT molecular complexity index is 1640. The third kappa shape index (κ3) is 7.09. The Kier molecular flexibility index (Phi) is 9.72. The second-order valence-electron chi connectivity index (χ2n) is 9.24. The number of carbonyl (C=O) groups excluding carboxylic acids is 2. The summed E-state index contributed by atoms with van der Waals surface area (Å²) >= 11 is 7.22. The summed E-state index contributed by atoms with van der Waals surface area (Å²) in [5.41, 5.74) is 3.11. The van der Waals surface area contributed by atoms with Crippen LogP contribution >= 0.6 is 35.3 Å². The van der Waals surface area contributed by atoms with Gasteiger partial charge in [-0.05, 0) is 66.1 Å². The minimum absolute atomic E-state index is 0. The summed E-state index contributed by atoms with van der Waals surface area (Å²) < 4.78 is 32.8. The van der Waals surface area contributed by atoms with Gasteiger partial charge in [-0.3, -0.25) is 14.4 Å². The van der Waals surface area contributed by atoms with Gasteiger partial charge in [0.15, 0.2) is 0 Å². The molecule has 0 spiro atoms. The van der Waals surface area contributed by atoms with Gasteiger partial charge in [-0.2, -0.15) is 0 Å². The van der Waals surface area contributed by atoms with E-state index < -0.39 is 21.9 Å². The number of nitrogens with zero attached hydrogens (tertiary/aromatic N) is 1. The molecule has 0 saturated carbocycles. The molecule has 4 aromatic rings. The fraction of sp³-hybridized carbons (Fsp3) is 0.172. The largest absolute Gasteiger partial charge is 0.465 e. The van der Waals surface area contributed by atoms with E-state index in [0.717, 1.165) is 23.5 Å². The van der Waals surface area contributed by atoms with Crippen molar-refractivity contribution in [2.24, 2.45) is 0 Å². The van der Waals surface area contributed by atoms with Crippen LogP contribution in [0.25, 0.3) is 0 Å². The number of fused-ring (bicyclic) bond motifs is 1. The number of hydrogen-bond acceptors (Lipinski definition) is 7. The lowest BCUT2D eigenvalue weighted by atomic mass is 10.0. The van der Waals surface area contributed by atoms with Gasteiger partial charge in [0.05, 0.1) is 17.6 Å². The molecule has 214 valence electrons. The second-order valence-corrected chi connectivity index (χ2v) is 12.5. The van der Waals surface area contributed by atoms with Crippen molar-refractivity contribution in [1.29, 1.82) is 0 Å². The summed E-state index contributed by atoms with van der Waals surface area (Å²) in [4.78, 5) is 29.2. The Balaban J connectivity index is 0.00000387. The number of methoxy groups -OCH3 is 1. The van der Waals surface area contributed by atoms with E-state index in [0.29, 0.717) is 39.8 Å². The molecule has 12 heteroatoms. The van der Waals surface area contributed by atoms with E-state index in [-0.39, 0.29) is 17.3 Å². The molecule has 0 fully saturated rings. The number of ether oxygens (including phenoxy) is 1. The van der Waals surface area contributed by atoms with Gasteiger partial charge in [0.25, 0.3) is 15.9 Å². The van der Waals surface area contributed by atoms with E-state index in [1.807, 2.05) is 18.2 Å². The summed E-state index contributed by atoms with van der Waals surface area (Å²) in [5, 5.41) is 3.74. The molecule has 5 rings (SSSR count). The summed E-state index contributed by atoms with van der Waals surface area (Å²) in [6.07, 6.45) is 0.668. The summed E-state index contributed by atoms with van der Waals surface area (Å²) in [7, 11) is -2.49. The third-order valence-electron chi connectivity index (χ3n) is 6.52. The summed E-state index contributed by atoms with van der Waals surface area (Å²) in [5.74, 6) is -0.909. The van der Waals surface area contributed by atoms with E-state index in [4.69, 9.17) is 16.3 Å². The van der Waals surface area contributed by atoms with Crippen LogP contribution in [0.2, 0.25) is 5.02 Å². The van der Waals surface area contributed by atoms with Crippen molar-refractivity contribution in [2.75, 3.05) is 23.7 Å². The average Bonchev–Trinajstić information content (AvgIpc) is 3.30. The molecule has 1 aromatic heterocycles. The maximum absolute atomic E-state index is 13.1. The maximum atomic E-state index is 13.1. The molecule has 8 nitrogen and oxygen atoms in total. The number of carbonyl (C=O) groups is 2. The van der Waals surface area contributed by atoms with Crippen LogP contribution in [0.15, 0.2) is 83.8 Å². The highest BCUT2D eigenvalue weighted by atomic mass is 35.5. The standard InChI is InChI=1S/C29H26ClN3O5S2.ClH/c1-38-29(35)26-24-15-16-33(17-19-5-3-2-4-6-19)18-25(24)39-28(26)31-27(34)20-7-11-22(12-8-20)32-40(36,37)23-13-9-21(30)10-14-23;/h2-14,32H,15-18H2,1H3,(H,31,34);1H. The SMILES string of the molecule is COC(=O)c1c(NC(=O)c2ccc(NS(=O)(=O)c3ccc(Cl)cc3)cc2)sc2c1CCN(Cc1ccccc1)C2.Cl. The number of hydrogen-bond donors (Lipinski definition) is 2. The first kappa shape index (κ1) is 30.5. The number of benzene rings is 3. The van der Waals surface area contributed by atoms with Crippen LogP contribution < -0.4 is 10.0 Å². The van der Waals surface area contributed by atoms with Crippen LogP contribution in [0, 0.1) is 0 Å². The van der Waals surface area contributed by atoms with Crippen molar-refractivity contribution >= 4 is 67.9 Å². The van der Waals surface area contributed by atoms with E-state index in [1.54, 1.807) is 0 Å². The van der Waals surface area contributed by atoms with Gasteiger partial charge in [-0.15, -0.1) is 23.7 Å². The molecule has 41 heavy (non-hydrogen) atoms. The molecule has 0 saturated heterocycles. The number of halogens is 2. The molecular formula is C29H27Cl2N3O5S2. The van der Waals surface area contributed by atoms with E-state index >= 15 is 0 Å². The monoisotopic (exact) mass is 631 g/mol. The quantitative estimate of drug-likeness (QED) is 0.224. The Morgan fingerprint density at radius 1 is 1.00 bits per heavy atom. The van der Waals surface area contributed by atoms with Crippen molar-refractivity contribution in [3.05, 3.63) is 111 Å². The van der Waals surface area contributed by atoms with Crippen molar-refractivity contribution in [1.82, 2.24) is 4.90 Å². The van der Waals surface area contributed by atoms with Gasteiger partial charge >= 0.3 is 5.97 Å². The normalized spacial score (nSPS) is 13.0. The molecule has 0 radical (unpaired) electrons.